The van der Waals surface area contributed by atoms with E-state index in [0.717, 1.165) is 18.4 Å². The Morgan fingerprint density at radius 1 is 1.38 bits per heavy atom. The molecule has 1 rings (SSSR count). The van der Waals surface area contributed by atoms with Gasteiger partial charge in [-0.05, 0) is 30.5 Å². The molecule has 2 N–H and O–H groups in total. The molecule has 3 nitrogen and oxygen atoms in total. The van der Waals surface area contributed by atoms with Gasteiger partial charge < -0.3 is 15.2 Å². The fraction of sp³-hybridized carbons (Fsp3) is 0.500. The van der Waals surface area contributed by atoms with Gasteiger partial charge in [0.05, 0.1) is 13.7 Å². The maximum atomic E-state index is 13.3. The first-order chi connectivity index (χ1) is 7.67. The molecule has 1 unspecified atom stereocenters. The van der Waals surface area contributed by atoms with Crippen molar-refractivity contribution in [3.63, 3.8) is 0 Å². The molecule has 4 heteroatoms. The van der Waals surface area contributed by atoms with Crippen molar-refractivity contribution in [3.8, 4) is 5.75 Å². The number of methoxy groups -OCH3 is 2. The van der Waals surface area contributed by atoms with Crippen molar-refractivity contribution < 1.29 is 13.9 Å². The molecule has 0 saturated carbocycles. The quantitative estimate of drug-likeness (QED) is 0.805. The van der Waals surface area contributed by atoms with Gasteiger partial charge in [-0.2, -0.15) is 0 Å². The van der Waals surface area contributed by atoms with Crippen molar-refractivity contribution in [1.29, 1.82) is 0 Å². The van der Waals surface area contributed by atoms with Crippen molar-refractivity contribution in [3.05, 3.63) is 29.6 Å². The van der Waals surface area contributed by atoms with Gasteiger partial charge in [0, 0.05) is 13.2 Å². The Morgan fingerprint density at radius 2 is 2.12 bits per heavy atom. The fourth-order valence-corrected chi connectivity index (χ4v) is 1.51. The van der Waals surface area contributed by atoms with Crippen LogP contribution in [-0.2, 0) is 11.2 Å². The maximum absolute atomic E-state index is 13.3. The van der Waals surface area contributed by atoms with Gasteiger partial charge in [0.25, 0.3) is 0 Å². The minimum atomic E-state index is -0.333. The number of hydrogen-bond donors (Lipinski definition) is 1. The van der Waals surface area contributed by atoms with E-state index in [4.69, 9.17) is 15.2 Å². The topological polar surface area (TPSA) is 44.5 Å². The van der Waals surface area contributed by atoms with Gasteiger partial charge in [0.2, 0.25) is 0 Å². The lowest BCUT2D eigenvalue weighted by molar-refractivity contribution is 0.177. The molecule has 0 fully saturated rings. The van der Waals surface area contributed by atoms with Crippen LogP contribution in [0.1, 0.15) is 12.0 Å². The van der Waals surface area contributed by atoms with E-state index >= 15 is 0 Å². The first-order valence-electron chi connectivity index (χ1n) is 5.24. The third-order valence-electron chi connectivity index (χ3n) is 2.40. The highest BCUT2D eigenvalue weighted by Gasteiger charge is 2.06. The Kier molecular flexibility index (Phi) is 5.22. The second-order valence-corrected chi connectivity index (χ2v) is 3.72. The Balaban J connectivity index is 2.51. The summed E-state index contributed by atoms with van der Waals surface area (Å²) in [4.78, 5) is 0. The fourth-order valence-electron chi connectivity index (χ4n) is 1.51. The average molecular weight is 227 g/mol. The van der Waals surface area contributed by atoms with Crippen LogP contribution in [0.3, 0.4) is 0 Å². The van der Waals surface area contributed by atoms with Crippen LogP contribution in [0.2, 0.25) is 0 Å². The summed E-state index contributed by atoms with van der Waals surface area (Å²) in [5.74, 6) is -0.0646. The molecule has 1 aromatic carbocycles. The van der Waals surface area contributed by atoms with Gasteiger partial charge in [0.1, 0.15) is 0 Å². The zero-order valence-corrected chi connectivity index (χ0v) is 9.70. The molecule has 0 saturated heterocycles. The number of halogens is 1. The minimum Gasteiger partial charge on any atom is -0.494 e. The predicted molar refractivity (Wildman–Crippen MR) is 61.1 cm³/mol. The van der Waals surface area contributed by atoms with Crippen LogP contribution in [0.25, 0.3) is 0 Å². The van der Waals surface area contributed by atoms with E-state index in [9.17, 15) is 4.39 Å². The third kappa shape index (κ3) is 3.79. The number of nitrogens with two attached hydrogens (primary N) is 1. The molecule has 0 aliphatic rings. The summed E-state index contributed by atoms with van der Waals surface area (Å²) in [6.07, 6.45) is 1.52. The number of aryl methyl sites for hydroxylation is 1. The zero-order valence-electron chi connectivity index (χ0n) is 9.70. The van der Waals surface area contributed by atoms with E-state index in [-0.39, 0.29) is 17.6 Å². The molecule has 0 aliphatic heterocycles. The lowest BCUT2D eigenvalue weighted by atomic mass is 10.1. The average Bonchev–Trinajstić information content (AvgIpc) is 2.27. The van der Waals surface area contributed by atoms with Crippen LogP contribution in [0.15, 0.2) is 18.2 Å². The molecule has 0 radical (unpaired) electrons. The highest BCUT2D eigenvalue weighted by Crippen LogP contribution is 2.18. The monoisotopic (exact) mass is 227 g/mol. The van der Waals surface area contributed by atoms with Gasteiger partial charge in [-0.25, -0.2) is 4.39 Å². The van der Waals surface area contributed by atoms with Crippen molar-refractivity contribution >= 4 is 0 Å². The predicted octanol–water partition coefficient (Wildman–Crippen LogP) is 1.74. The Hall–Kier alpha value is -1.13. The first kappa shape index (κ1) is 12.9. The summed E-state index contributed by atoms with van der Waals surface area (Å²) in [7, 11) is 3.07. The first-order valence-corrected chi connectivity index (χ1v) is 5.24. The van der Waals surface area contributed by atoms with Crippen molar-refractivity contribution in [2.75, 3.05) is 20.8 Å². The molecular formula is C12H18FNO2. The Morgan fingerprint density at radius 3 is 2.69 bits per heavy atom. The molecule has 90 valence electrons. The molecule has 0 spiro atoms. The van der Waals surface area contributed by atoms with E-state index in [1.54, 1.807) is 13.2 Å². The highest BCUT2D eigenvalue weighted by molar-refractivity contribution is 5.29. The molecule has 0 bridgehead atoms. The number of rotatable bonds is 6. The normalized spacial score (nSPS) is 12.5. The summed E-state index contributed by atoms with van der Waals surface area (Å²) in [5, 5.41) is 0. The van der Waals surface area contributed by atoms with Gasteiger partial charge >= 0.3 is 0 Å². The van der Waals surface area contributed by atoms with Crippen LogP contribution >= 0.6 is 0 Å². The summed E-state index contributed by atoms with van der Waals surface area (Å²) in [5.41, 5.74) is 6.70. The van der Waals surface area contributed by atoms with Crippen LogP contribution < -0.4 is 10.5 Å². The van der Waals surface area contributed by atoms with E-state index in [1.165, 1.54) is 13.2 Å². The molecule has 0 aromatic heterocycles. The molecule has 0 heterocycles. The number of ether oxygens (including phenoxy) is 2. The smallest absolute Gasteiger partial charge is 0.165 e. The van der Waals surface area contributed by atoms with Crippen LogP contribution in [-0.4, -0.2) is 26.9 Å². The standard InChI is InChI=1S/C12H18FNO2/c1-15-8-10(14)5-3-9-4-6-12(16-2)11(13)7-9/h4,6-7,10H,3,5,8,14H2,1-2H3. The largest absolute Gasteiger partial charge is 0.494 e. The van der Waals surface area contributed by atoms with E-state index in [1.807, 2.05) is 6.07 Å². The summed E-state index contributed by atoms with van der Waals surface area (Å²) in [6, 6.07) is 4.96. The van der Waals surface area contributed by atoms with Crippen LogP contribution in [0.5, 0.6) is 5.75 Å². The summed E-state index contributed by atoms with van der Waals surface area (Å²) >= 11 is 0. The molecule has 0 amide bonds. The van der Waals surface area contributed by atoms with Gasteiger partial charge in [0.15, 0.2) is 11.6 Å². The molecule has 0 aliphatic carbocycles. The Bertz CT molecular complexity index is 331. The summed E-state index contributed by atoms with van der Waals surface area (Å²) in [6.45, 7) is 0.526. The molecule has 1 aromatic rings. The highest BCUT2D eigenvalue weighted by atomic mass is 19.1. The molecule has 16 heavy (non-hydrogen) atoms. The lowest BCUT2D eigenvalue weighted by Gasteiger charge is -2.10. The Labute approximate surface area is 95.4 Å². The zero-order chi connectivity index (χ0) is 12.0. The van der Waals surface area contributed by atoms with Crippen molar-refractivity contribution in [2.24, 2.45) is 5.73 Å². The van der Waals surface area contributed by atoms with E-state index in [2.05, 4.69) is 0 Å². The molecule has 1 atom stereocenters. The van der Waals surface area contributed by atoms with Crippen LogP contribution in [0, 0.1) is 5.82 Å². The van der Waals surface area contributed by atoms with Crippen molar-refractivity contribution in [2.45, 2.75) is 18.9 Å². The van der Waals surface area contributed by atoms with Crippen molar-refractivity contribution in [1.82, 2.24) is 0 Å². The number of hydrogen-bond acceptors (Lipinski definition) is 3. The molecular weight excluding hydrogens is 209 g/mol. The second-order valence-electron chi connectivity index (χ2n) is 3.72. The second kappa shape index (κ2) is 6.45. The lowest BCUT2D eigenvalue weighted by Crippen LogP contribution is -2.26. The third-order valence-corrected chi connectivity index (χ3v) is 2.40. The van der Waals surface area contributed by atoms with Gasteiger partial charge in [-0.3, -0.25) is 0 Å². The van der Waals surface area contributed by atoms with Gasteiger partial charge in [-0.15, -0.1) is 0 Å². The summed E-state index contributed by atoms with van der Waals surface area (Å²) < 4.78 is 23.1. The van der Waals surface area contributed by atoms with Crippen LogP contribution in [0.4, 0.5) is 4.39 Å². The SMILES string of the molecule is COCC(N)CCc1ccc(OC)c(F)c1. The maximum Gasteiger partial charge on any atom is 0.165 e. The number of benzene rings is 1. The van der Waals surface area contributed by atoms with Gasteiger partial charge in [-0.1, -0.05) is 6.07 Å². The van der Waals surface area contributed by atoms with E-state index < -0.39 is 0 Å². The minimum absolute atomic E-state index is 0.00448. The van der Waals surface area contributed by atoms with E-state index in [0.29, 0.717) is 6.61 Å².